The highest BCUT2D eigenvalue weighted by Crippen LogP contribution is 2.30. The molecule has 1 saturated carbocycles. The minimum atomic E-state index is 0.441. The highest BCUT2D eigenvalue weighted by molar-refractivity contribution is 6.29. The van der Waals surface area contributed by atoms with Crippen molar-refractivity contribution in [3.8, 4) is 0 Å². The van der Waals surface area contributed by atoms with Crippen molar-refractivity contribution in [3.05, 3.63) is 17.3 Å². The first-order valence-corrected chi connectivity index (χ1v) is 6.85. The lowest BCUT2D eigenvalue weighted by Crippen LogP contribution is -2.16. The molecule has 94 valence electrons. The summed E-state index contributed by atoms with van der Waals surface area (Å²) < 4.78 is 0. The van der Waals surface area contributed by atoms with Crippen LogP contribution in [0.25, 0.3) is 0 Å². The number of nitrogens with zero attached hydrogens (tertiary/aromatic N) is 2. The monoisotopic (exact) mass is 253 g/mol. The summed E-state index contributed by atoms with van der Waals surface area (Å²) in [5.74, 6) is 2.61. The van der Waals surface area contributed by atoms with Gasteiger partial charge in [0.1, 0.15) is 5.82 Å². The van der Waals surface area contributed by atoms with Crippen LogP contribution in [0.1, 0.15) is 39.0 Å². The smallest absolute Gasteiger partial charge is 0.151 e. The Labute approximate surface area is 108 Å². The number of nitrogens with one attached hydrogen (secondary N) is 1. The number of hydrogen-bond donors (Lipinski definition) is 1. The zero-order valence-electron chi connectivity index (χ0n) is 10.3. The Hall–Kier alpha value is -0.830. The summed E-state index contributed by atoms with van der Waals surface area (Å²) >= 11 is 5.68. The third-order valence-electron chi connectivity index (χ3n) is 3.54. The minimum absolute atomic E-state index is 0.441. The van der Waals surface area contributed by atoms with Gasteiger partial charge >= 0.3 is 0 Å². The standard InChI is InChI=1S/C13H20ClN3/c1-10-3-2-4-11(9-10)7-8-15-13-6-5-12(14)16-17-13/h5-6,10-11H,2-4,7-9H2,1H3,(H,15,17). The molecular weight excluding hydrogens is 234 g/mol. The zero-order chi connectivity index (χ0) is 12.1. The quantitative estimate of drug-likeness (QED) is 0.888. The fraction of sp³-hybridized carbons (Fsp3) is 0.692. The van der Waals surface area contributed by atoms with Gasteiger partial charge in [0.25, 0.3) is 0 Å². The molecule has 0 radical (unpaired) electrons. The largest absolute Gasteiger partial charge is 0.369 e. The Kier molecular flexibility index (Phi) is 4.60. The number of aromatic nitrogens is 2. The second-order valence-electron chi connectivity index (χ2n) is 5.09. The maximum Gasteiger partial charge on any atom is 0.151 e. The number of rotatable bonds is 4. The van der Waals surface area contributed by atoms with Crippen LogP contribution in [0, 0.1) is 11.8 Å². The molecular formula is C13H20ClN3. The molecule has 2 unspecified atom stereocenters. The van der Waals surface area contributed by atoms with E-state index in [1.807, 2.05) is 6.07 Å². The Morgan fingerprint density at radius 3 is 2.94 bits per heavy atom. The maximum absolute atomic E-state index is 5.68. The van der Waals surface area contributed by atoms with Gasteiger partial charge < -0.3 is 5.32 Å². The van der Waals surface area contributed by atoms with E-state index < -0.39 is 0 Å². The Bertz CT molecular complexity index is 339. The molecule has 0 spiro atoms. The average Bonchev–Trinajstić information content (AvgIpc) is 2.32. The first-order chi connectivity index (χ1) is 8.24. The average molecular weight is 254 g/mol. The van der Waals surface area contributed by atoms with Crippen LogP contribution in [-0.2, 0) is 0 Å². The van der Waals surface area contributed by atoms with Crippen LogP contribution in [-0.4, -0.2) is 16.7 Å². The van der Waals surface area contributed by atoms with Crippen molar-refractivity contribution in [2.45, 2.75) is 39.0 Å². The van der Waals surface area contributed by atoms with Crippen LogP contribution in [0.4, 0.5) is 5.82 Å². The molecule has 0 aliphatic heterocycles. The lowest BCUT2D eigenvalue weighted by Gasteiger charge is -2.26. The van der Waals surface area contributed by atoms with E-state index in [1.165, 1.54) is 32.1 Å². The summed E-state index contributed by atoms with van der Waals surface area (Å²) in [6.07, 6.45) is 6.81. The van der Waals surface area contributed by atoms with E-state index in [-0.39, 0.29) is 0 Å². The normalized spacial score (nSPS) is 24.6. The molecule has 0 amide bonds. The molecule has 3 nitrogen and oxygen atoms in total. The van der Waals surface area contributed by atoms with Gasteiger partial charge in [0.2, 0.25) is 0 Å². The van der Waals surface area contributed by atoms with Gasteiger partial charge in [-0.15, -0.1) is 10.2 Å². The van der Waals surface area contributed by atoms with Crippen molar-refractivity contribution in [3.63, 3.8) is 0 Å². The summed E-state index contributed by atoms with van der Waals surface area (Å²) in [6, 6.07) is 3.64. The van der Waals surface area contributed by atoms with Crippen molar-refractivity contribution < 1.29 is 0 Å². The van der Waals surface area contributed by atoms with Crippen LogP contribution in [0.3, 0.4) is 0 Å². The van der Waals surface area contributed by atoms with Crippen molar-refractivity contribution >= 4 is 17.4 Å². The summed E-state index contributed by atoms with van der Waals surface area (Å²) in [5.41, 5.74) is 0. The Morgan fingerprint density at radius 2 is 2.24 bits per heavy atom. The second-order valence-corrected chi connectivity index (χ2v) is 5.48. The predicted octanol–water partition coefficient (Wildman–Crippen LogP) is 3.76. The van der Waals surface area contributed by atoms with Crippen LogP contribution in [0.15, 0.2) is 12.1 Å². The van der Waals surface area contributed by atoms with Crippen LogP contribution >= 0.6 is 11.6 Å². The van der Waals surface area contributed by atoms with E-state index in [4.69, 9.17) is 11.6 Å². The van der Waals surface area contributed by atoms with Gasteiger partial charge in [-0.3, -0.25) is 0 Å². The molecule has 1 aromatic heterocycles. The molecule has 1 aliphatic rings. The van der Waals surface area contributed by atoms with Gasteiger partial charge in [0, 0.05) is 6.54 Å². The van der Waals surface area contributed by atoms with Crippen LogP contribution < -0.4 is 5.32 Å². The molecule has 0 bridgehead atoms. The molecule has 1 fully saturated rings. The van der Waals surface area contributed by atoms with Gasteiger partial charge in [0.15, 0.2) is 5.15 Å². The maximum atomic E-state index is 5.68. The topological polar surface area (TPSA) is 37.8 Å². The molecule has 1 N–H and O–H groups in total. The van der Waals surface area contributed by atoms with Gasteiger partial charge in [-0.25, -0.2) is 0 Å². The number of halogens is 1. The molecule has 1 aliphatic carbocycles. The van der Waals surface area contributed by atoms with Gasteiger partial charge in [-0.05, 0) is 36.8 Å². The second kappa shape index (κ2) is 6.20. The fourth-order valence-corrected chi connectivity index (χ4v) is 2.74. The van der Waals surface area contributed by atoms with Crippen LogP contribution in [0.5, 0.6) is 0 Å². The van der Waals surface area contributed by atoms with E-state index in [9.17, 15) is 0 Å². The molecule has 2 rings (SSSR count). The third kappa shape index (κ3) is 4.15. The van der Waals surface area contributed by atoms with E-state index in [0.717, 1.165) is 24.2 Å². The summed E-state index contributed by atoms with van der Waals surface area (Å²) in [5, 5.41) is 11.5. The van der Waals surface area contributed by atoms with Gasteiger partial charge in [-0.2, -0.15) is 0 Å². The van der Waals surface area contributed by atoms with E-state index in [2.05, 4.69) is 22.4 Å². The van der Waals surface area contributed by atoms with E-state index in [0.29, 0.717) is 5.15 Å². The molecule has 1 aromatic rings. The summed E-state index contributed by atoms with van der Waals surface area (Å²) in [7, 11) is 0. The van der Waals surface area contributed by atoms with Gasteiger partial charge in [0.05, 0.1) is 0 Å². The highest BCUT2D eigenvalue weighted by atomic mass is 35.5. The lowest BCUT2D eigenvalue weighted by molar-refractivity contribution is 0.274. The van der Waals surface area contributed by atoms with E-state index in [1.54, 1.807) is 6.07 Å². The Morgan fingerprint density at radius 1 is 1.35 bits per heavy atom. The summed E-state index contributed by atoms with van der Waals surface area (Å²) in [6.45, 7) is 3.35. The first kappa shape index (κ1) is 12.6. The fourth-order valence-electron chi connectivity index (χ4n) is 2.64. The third-order valence-corrected chi connectivity index (χ3v) is 3.74. The van der Waals surface area contributed by atoms with Crippen LogP contribution in [0.2, 0.25) is 5.15 Å². The minimum Gasteiger partial charge on any atom is -0.369 e. The number of anilines is 1. The molecule has 17 heavy (non-hydrogen) atoms. The predicted molar refractivity (Wildman–Crippen MR) is 71.3 cm³/mol. The van der Waals surface area contributed by atoms with E-state index >= 15 is 0 Å². The molecule has 4 heteroatoms. The van der Waals surface area contributed by atoms with Crippen molar-refractivity contribution in [2.24, 2.45) is 11.8 Å². The first-order valence-electron chi connectivity index (χ1n) is 6.47. The van der Waals surface area contributed by atoms with Gasteiger partial charge in [-0.1, -0.05) is 37.8 Å². The van der Waals surface area contributed by atoms with Crippen molar-refractivity contribution in [1.82, 2.24) is 10.2 Å². The molecule has 0 aromatic carbocycles. The number of hydrogen-bond acceptors (Lipinski definition) is 3. The van der Waals surface area contributed by atoms with Crippen molar-refractivity contribution in [1.29, 1.82) is 0 Å². The van der Waals surface area contributed by atoms with Crippen molar-refractivity contribution in [2.75, 3.05) is 11.9 Å². The lowest BCUT2D eigenvalue weighted by atomic mass is 9.81. The molecule has 0 saturated heterocycles. The zero-order valence-corrected chi connectivity index (χ0v) is 11.1. The highest BCUT2D eigenvalue weighted by Gasteiger charge is 2.18. The summed E-state index contributed by atoms with van der Waals surface area (Å²) in [4.78, 5) is 0. The molecule has 1 heterocycles. The SMILES string of the molecule is CC1CCCC(CCNc2ccc(Cl)nn2)C1. The Balaban J connectivity index is 1.70. The molecule has 2 atom stereocenters.